The fourth-order valence-electron chi connectivity index (χ4n) is 1.29. The van der Waals surface area contributed by atoms with Crippen molar-refractivity contribution in [2.45, 2.75) is 32.6 Å². The van der Waals surface area contributed by atoms with E-state index in [0.717, 1.165) is 24.4 Å². The van der Waals surface area contributed by atoms with Gasteiger partial charge in [0.15, 0.2) is 0 Å². The number of nitrogens with zero attached hydrogens (tertiary/aromatic N) is 1. The van der Waals surface area contributed by atoms with Gasteiger partial charge in [0.1, 0.15) is 0 Å². The third kappa shape index (κ3) is 3.81. The highest BCUT2D eigenvalue weighted by atomic mass is 16.2. The number of amides is 2. The Labute approximate surface area is 89.5 Å². The molecule has 0 saturated carbocycles. The van der Waals surface area contributed by atoms with Crippen LogP contribution in [0.5, 0.6) is 0 Å². The maximum atomic E-state index is 11.1. The predicted octanol–water partition coefficient (Wildman–Crippen LogP) is 0.501. The highest BCUT2D eigenvalue weighted by Gasteiger charge is 2.22. The Morgan fingerprint density at radius 2 is 1.80 bits per heavy atom. The van der Waals surface area contributed by atoms with Gasteiger partial charge in [-0.05, 0) is 6.42 Å². The number of unbranched alkanes of at least 4 members (excludes halogenated alkanes) is 3. The van der Waals surface area contributed by atoms with Gasteiger partial charge < -0.3 is 0 Å². The van der Waals surface area contributed by atoms with E-state index in [1.54, 1.807) is 0 Å². The van der Waals surface area contributed by atoms with E-state index in [2.05, 4.69) is 17.9 Å². The zero-order chi connectivity index (χ0) is 11.1. The minimum Gasteiger partial charge on any atom is -0.268 e. The summed E-state index contributed by atoms with van der Waals surface area (Å²) in [6, 6.07) is 0. The van der Waals surface area contributed by atoms with Crippen LogP contribution in [0.4, 0.5) is 0 Å². The lowest BCUT2D eigenvalue weighted by atomic mass is 10.2. The number of rotatable bonds is 7. The maximum absolute atomic E-state index is 11.1. The summed E-state index contributed by atoms with van der Waals surface area (Å²) in [4.78, 5) is 22.1. The summed E-state index contributed by atoms with van der Waals surface area (Å²) in [5.74, 6) is -0.665. The van der Waals surface area contributed by atoms with Crippen LogP contribution in [0.15, 0.2) is 12.2 Å². The fourth-order valence-corrected chi connectivity index (χ4v) is 1.29. The van der Waals surface area contributed by atoms with Crippen LogP contribution in [0.3, 0.4) is 0 Å². The van der Waals surface area contributed by atoms with Crippen molar-refractivity contribution < 1.29 is 9.59 Å². The highest BCUT2D eigenvalue weighted by Crippen LogP contribution is 1.99. The van der Waals surface area contributed by atoms with Crippen molar-refractivity contribution in [3.8, 4) is 0 Å². The average Bonchev–Trinajstić information content (AvgIpc) is 2.54. The SMILES string of the molecule is CCCCCCNNN1C(=O)C=CC1=O. The van der Waals surface area contributed by atoms with E-state index < -0.39 is 0 Å². The van der Waals surface area contributed by atoms with Gasteiger partial charge in [0, 0.05) is 18.7 Å². The summed E-state index contributed by atoms with van der Waals surface area (Å²) in [6.07, 6.45) is 7.09. The van der Waals surface area contributed by atoms with E-state index in [0.29, 0.717) is 0 Å². The minimum absolute atomic E-state index is 0.332. The van der Waals surface area contributed by atoms with Gasteiger partial charge >= 0.3 is 0 Å². The van der Waals surface area contributed by atoms with Crippen LogP contribution >= 0.6 is 0 Å². The Bertz CT molecular complexity index is 245. The largest absolute Gasteiger partial charge is 0.269 e. The lowest BCUT2D eigenvalue weighted by molar-refractivity contribution is -0.141. The van der Waals surface area contributed by atoms with Crippen LogP contribution in [-0.2, 0) is 9.59 Å². The summed E-state index contributed by atoms with van der Waals surface area (Å²) in [6.45, 7) is 2.90. The van der Waals surface area contributed by atoms with Crippen LogP contribution in [0.1, 0.15) is 32.6 Å². The van der Waals surface area contributed by atoms with Crippen LogP contribution in [0.25, 0.3) is 0 Å². The Morgan fingerprint density at radius 3 is 2.40 bits per heavy atom. The minimum atomic E-state index is -0.332. The molecule has 0 spiro atoms. The Hall–Kier alpha value is -1.20. The van der Waals surface area contributed by atoms with Crippen molar-refractivity contribution in [2.24, 2.45) is 0 Å². The number of hydrogen-bond donors (Lipinski definition) is 2. The summed E-state index contributed by atoms with van der Waals surface area (Å²) in [5.41, 5.74) is 5.42. The van der Waals surface area contributed by atoms with Crippen LogP contribution in [0.2, 0.25) is 0 Å². The first-order valence-corrected chi connectivity index (χ1v) is 5.30. The lowest BCUT2D eigenvalue weighted by Crippen LogP contribution is -2.50. The van der Waals surface area contributed by atoms with Crippen molar-refractivity contribution in [1.82, 2.24) is 16.0 Å². The zero-order valence-corrected chi connectivity index (χ0v) is 8.95. The molecule has 0 bridgehead atoms. The molecule has 0 radical (unpaired) electrons. The lowest BCUT2D eigenvalue weighted by Gasteiger charge is -2.15. The number of nitrogens with one attached hydrogen (secondary N) is 2. The van der Waals surface area contributed by atoms with Gasteiger partial charge in [-0.3, -0.25) is 9.59 Å². The van der Waals surface area contributed by atoms with E-state index in [1.165, 1.54) is 25.0 Å². The van der Waals surface area contributed by atoms with Crippen LogP contribution < -0.4 is 11.0 Å². The number of carbonyl (C=O) groups is 2. The van der Waals surface area contributed by atoms with Gasteiger partial charge in [0.25, 0.3) is 11.8 Å². The van der Waals surface area contributed by atoms with Crippen molar-refractivity contribution in [2.75, 3.05) is 6.54 Å². The molecular formula is C10H17N3O2. The van der Waals surface area contributed by atoms with Gasteiger partial charge in [-0.25, -0.2) is 5.43 Å². The van der Waals surface area contributed by atoms with Gasteiger partial charge in [0.2, 0.25) is 0 Å². The molecule has 1 rings (SSSR count). The van der Waals surface area contributed by atoms with Gasteiger partial charge in [-0.15, -0.1) is 0 Å². The number of hydrazine groups is 2. The predicted molar refractivity (Wildman–Crippen MR) is 56.3 cm³/mol. The first-order chi connectivity index (χ1) is 7.25. The first kappa shape index (κ1) is 11.9. The molecule has 0 saturated heterocycles. The van der Waals surface area contributed by atoms with Crippen LogP contribution in [-0.4, -0.2) is 23.4 Å². The number of imide groups is 1. The molecule has 2 amide bonds. The second kappa shape index (κ2) is 6.31. The summed E-state index contributed by atoms with van der Waals surface area (Å²) in [7, 11) is 0. The fraction of sp³-hybridized carbons (Fsp3) is 0.600. The van der Waals surface area contributed by atoms with Crippen molar-refractivity contribution in [3.63, 3.8) is 0 Å². The third-order valence-corrected chi connectivity index (χ3v) is 2.16. The zero-order valence-electron chi connectivity index (χ0n) is 8.95. The standard InChI is InChI=1S/C10H17N3O2/c1-2-3-4-5-8-11-12-13-9(14)6-7-10(13)15/h6-7,11-12H,2-5,8H2,1H3. The van der Waals surface area contributed by atoms with Gasteiger partial charge in [-0.2, -0.15) is 10.5 Å². The molecule has 0 atom stereocenters. The van der Waals surface area contributed by atoms with E-state index in [-0.39, 0.29) is 11.8 Å². The molecule has 0 aromatic heterocycles. The molecule has 0 fully saturated rings. The van der Waals surface area contributed by atoms with Crippen molar-refractivity contribution >= 4 is 11.8 Å². The second-order valence-corrected chi connectivity index (χ2v) is 3.44. The van der Waals surface area contributed by atoms with Crippen molar-refractivity contribution in [3.05, 3.63) is 12.2 Å². The van der Waals surface area contributed by atoms with Crippen molar-refractivity contribution in [1.29, 1.82) is 0 Å². The Balaban J connectivity index is 2.05. The van der Waals surface area contributed by atoms with E-state index in [4.69, 9.17) is 0 Å². The average molecular weight is 211 g/mol. The molecule has 1 heterocycles. The van der Waals surface area contributed by atoms with E-state index in [9.17, 15) is 9.59 Å². The molecule has 0 aromatic carbocycles. The summed E-state index contributed by atoms with van der Waals surface area (Å²) >= 11 is 0. The second-order valence-electron chi connectivity index (χ2n) is 3.44. The highest BCUT2D eigenvalue weighted by molar-refractivity contribution is 6.12. The molecule has 84 valence electrons. The van der Waals surface area contributed by atoms with Gasteiger partial charge in [0.05, 0.1) is 0 Å². The third-order valence-electron chi connectivity index (χ3n) is 2.16. The quantitative estimate of drug-likeness (QED) is 0.366. The molecule has 5 nitrogen and oxygen atoms in total. The monoisotopic (exact) mass is 211 g/mol. The topological polar surface area (TPSA) is 61.4 Å². The maximum Gasteiger partial charge on any atom is 0.269 e. The number of carbonyl (C=O) groups excluding carboxylic acids is 2. The van der Waals surface area contributed by atoms with Crippen LogP contribution in [0, 0.1) is 0 Å². The molecule has 0 aliphatic carbocycles. The molecule has 5 heteroatoms. The molecule has 15 heavy (non-hydrogen) atoms. The van der Waals surface area contributed by atoms with Gasteiger partial charge in [-0.1, -0.05) is 26.2 Å². The molecule has 2 N–H and O–H groups in total. The normalized spacial score (nSPS) is 15.4. The Kier molecular flexibility index (Phi) is 5.00. The first-order valence-electron chi connectivity index (χ1n) is 5.30. The Morgan fingerprint density at radius 1 is 1.13 bits per heavy atom. The summed E-state index contributed by atoms with van der Waals surface area (Å²) < 4.78 is 0. The molecule has 1 aliphatic heterocycles. The molecule has 1 aliphatic rings. The number of hydrogen-bond acceptors (Lipinski definition) is 4. The van der Waals surface area contributed by atoms with E-state index in [1.807, 2.05) is 0 Å². The van der Waals surface area contributed by atoms with E-state index >= 15 is 0 Å². The molecule has 0 aromatic rings. The summed E-state index contributed by atoms with van der Waals surface area (Å²) in [5, 5.41) is 0.958. The smallest absolute Gasteiger partial charge is 0.268 e. The molecule has 0 unspecified atom stereocenters. The molecular weight excluding hydrogens is 194 g/mol.